The number of likely N-dealkylation sites (N-methyl/N-ethyl adjacent to an activating group) is 1. The van der Waals surface area contributed by atoms with Gasteiger partial charge in [-0.3, -0.25) is 4.79 Å². The van der Waals surface area contributed by atoms with Crippen molar-refractivity contribution < 1.29 is 24.2 Å². The Bertz CT molecular complexity index is 1070. The van der Waals surface area contributed by atoms with E-state index in [1.165, 1.54) is 4.90 Å². The van der Waals surface area contributed by atoms with E-state index in [0.29, 0.717) is 6.54 Å². The van der Waals surface area contributed by atoms with Gasteiger partial charge in [-0.25, -0.2) is 9.59 Å². The van der Waals surface area contributed by atoms with Gasteiger partial charge in [0, 0.05) is 24.4 Å². The molecular weight excluding hydrogens is 434 g/mol. The average Bonchev–Trinajstić information content (AvgIpc) is 3.08. The number of carboxylic acids is 1. The van der Waals surface area contributed by atoms with Crippen LogP contribution in [0.4, 0.5) is 4.79 Å². The van der Waals surface area contributed by atoms with Gasteiger partial charge in [-0.15, -0.1) is 0 Å². The predicted molar refractivity (Wildman–Crippen MR) is 127 cm³/mol. The Morgan fingerprint density at radius 2 is 1.65 bits per heavy atom. The molecule has 0 aromatic heterocycles. The second kappa shape index (κ2) is 9.10. The maximum atomic E-state index is 13.2. The molecular formula is C26H31N3O5. The van der Waals surface area contributed by atoms with Crippen molar-refractivity contribution in [2.24, 2.45) is 5.41 Å². The molecule has 2 atom stereocenters. The molecule has 2 N–H and O–H groups in total. The summed E-state index contributed by atoms with van der Waals surface area (Å²) in [7, 11) is 3.57. The molecule has 180 valence electrons. The van der Waals surface area contributed by atoms with Crippen LogP contribution < -0.4 is 5.32 Å². The van der Waals surface area contributed by atoms with Gasteiger partial charge in [0.25, 0.3) is 0 Å². The third-order valence-electron chi connectivity index (χ3n) is 6.63. The first-order valence-corrected chi connectivity index (χ1v) is 11.4. The third-order valence-corrected chi connectivity index (χ3v) is 6.63. The number of amides is 2. The molecule has 0 radical (unpaired) electrons. The van der Waals surface area contributed by atoms with E-state index >= 15 is 0 Å². The first kappa shape index (κ1) is 23.8. The van der Waals surface area contributed by atoms with Crippen LogP contribution in [0.15, 0.2) is 48.5 Å². The molecule has 2 aromatic carbocycles. The molecule has 8 heteroatoms. The number of aliphatic carboxylic acids is 1. The Labute approximate surface area is 199 Å². The normalized spacial score (nSPS) is 19.1. The highest BCUT2D eigenvalue weighted by molar-refractivity contribution is 5.91. The number of carboxylic acid groups (broad SMARTS) is 1. The quantitative estimate of drug-likeness (QED) is 0.653. The molecule has 1 unspecified atom stereocenters. The van der Waals surface area contributed by atoms with E-state index in [9.17, 15) is 19.5 Å². The number of nitrogens with one attached hydrogen (secondary N) is 1. The molecule has 0 bridgehead atoms. The second-order valence-electron chi connectivity index (χ2n) is 9.98. The number of ether oxygens (including phenoxy) is 1. The third kappa shape index (κ3) is 4.37. The van der Waals surface area contributed by atoms with Gasteiger partial charge in [-0.1, -0.05) is 62.4 Å². The highest BCUT2D eigenvalue weighted by Crippen LogP contribution is 2.44. The molecule has 2 aromatic rings. The van der Waals surface area contributed by atoms with Gasteiger partial charge >= 0.3 is 12.1 Å². The Balaban J connectivity index is 1.44. The fourth-order valence-corrected chi connectivity index (χ4v) is 5.13. The maximum Gasteiger partial charge on any atom is 0.407 e. The summed E-state index contributed by atoms with van der Waals surface area (Å²) >= 11 is 0. The van der Waals surface area contributed by atoms with Crippen molar-refractivity contribution in [1.29, 1.82) is 0 Å². The summed E-state index contributed by atoms with van der Waals surface area (Å²) in [6.07, 6.45) is -0.700. The van der Waals surface area contributed by atoms with Crippen LogP contribution in [-0.2, 0) is 14.3 Å². The van der Waals surface area contributed by atoms with Gasteiger partial charge < -0.3 is 25.0 Å². The summed E-state index contributed by atoms with van der Waals surface area (Å²) in [4.78, 5) is 40.7. The van der Waals surface area contributed by atoms with E-state index in [-0.39, 0.29) is 19.1 Å². The van der Waals surface area contributed by atoms with E-state index in [0.717, 1.165) is 22.3 Å². The number of hydrogen-bond acceptors (Lipinski definition) is 5. The number of benzene rings is 2. The van der Waals surface area contributed by atoms with Crippen LogP contribution in [0.3, 0.4) is 0 Å². The van der Waals surface area contributed by atoms with E-state index in [2.05, 4.69) is 17.4 Å². The molecule has 2 amide bonds. The van der Waals surface area contributed by atoms with Crippen LogP contribution >= 0.6 is 0 Å². The molecule has 2 aliphatic rings. The van der Waals surface area contributed by atoms with Crippen molar-refractivity contribution in [3.63, 3.8) is 0 Å². The Hall–Kier alpha value is -3.39. The van der Waals surface area contributed by atoms with Crippen molar-refractivity contribution in [2.75, 3.05) is 33.8 Å². The van der Waals surface area contributed by atoms with Crippen LogP contribution in [0.25, 0.3) is 11.1 Å². The average molecular weight is 466 g/mol. The number of carbonyl (C=O) groups is 3. The maximum absolute atomic E-state index is 13.2. The highest BCUT2D eigenvalue weighted by atomic mass is 16.5. The fourth-order valence-electron chi connectivity index (χ4n) is 5.13. The molecule has 8 nitrogen and oxygen atoms in total. The minimum Gasteiger partial charge on any atom is -0.480 e. The minimum atomic E-state index is -1.05. The Morgan fingerprint density at radius 1 is 1.09 bits per heavy atom. The van der Waals surface area contributed by atoms with Gasteiger partial charge in [0.2, 0.25) is 5.91 Å². The molecule has 0 spiro atoms. The Morgan fingerprint density at radius 3 is 2.15 bits per heavy atom. The fraction of sp³-hybridized carbons (Fsp3) is 0.423. The van der Waals surface area contributed by atoms with Gasteiger partial charge in [-0.2, -0.15) is 0 Å². The van der Waals surface area contributed by atoms with Crippen molar-refractivity contribution in [2.45, 2.75) is 31.8 Å². The predicted octanol–water partition coefficient (Wildman–Crippen LogP) is 2.78. The van der Waals surface area contributed by atoms with Crippen molar-refractivity contribution in [3.05, 3.63) is 59.7 Å². The van der Waals surface area contributed by atoms with Crippen LogP contribution in [0.1, 0.15) is 30.9 Å². The van der Waals surface area contributed by atoms with E-state index in [1.54, 1.807) is 19.0 Å². The van der Waals surface area contributed by atoms with Gasteiger partial charge in [0.1, 0.15) is 18.7 Å². The number of likely N-dealkylation sites (tertiary alicyclic amines) is 1. The van der Waals surface area contributed by atoms with Crippen LogP contribution in [0, 0.1) is 5.41 Å². The highest BCUT2D eigenvalue weighted by Gasteiger charge is 2.53. The zero-order chi connectivity index (χ0) is 24.6. The van der Waals surface area contributed by atoms with Gasteiger partial charge in [0.15, 0.2) is 0 Å². The molecule has 1 aliphatic heterocycles. The van der Waals surface area contributed by atoms with E-state index in [1.807, 2.05) is 50.2 Å². The van der Waals surface area contributed by atoms with Crippen molar-refractivity contribution >= 4 is 18.0 Å². The van der Waals surface area contributed by atoms with E-state index in [4.69, 9.17) is 4.74 Å². The number of hydrogen-bond donors (Lipinski definition) is 2. The zero-order valence-electron chi connectivity index (χ0n) is 19.9. The first-order valence-electron chi connectivity index (χ1n) is 11.4. The summed E-state index contributed by atoms with van der Waals surface area (Å²) in [6, 6.07) is 14.3. The SMILES string of the molecule is CN(C)C[C@H](NC(=O)OCC1c2ccccc2-c2ccccc21)C(=O)N1CC(C)(C)C1C(=O)O. The number of carbonyl (C=O) groups excluding carboxylic acids is 2. The summed E-state index contributed by atoms with van der Waals surface area (Å²) in [6.45, 7) is 4.31. The van der Waals surface area contributed by atoms with Crippen LogP contribution in [0.5, 0.6) is 0 Å². The lowest BCUT2D eigenvalue weighted by atomic mass is 9.74. The number of rotatable bonds is 7. The lowest BCUT2D eigenvalue weighted by Crippen LogP contribution is -2.70. The zero-order valence-corrected chi connectivity index (χ0v) is 19.9. The molecule has 1 aliphatic carbocycles. The molecule has 1 saturated heterocycles. The lowest BCUT2D eigenvalue weighted by molar-refractivity contribution is -0.173. The van der Waals surface area contributed by atoms with Crippen molar-refractivity contribution in [3.8, 4) is 11.1 Å². The molecule has 4 rings (SSSR count). The number of fused-ring (bicyclic) bond motifs is 3. The summed E-state index contributed by atoms with van der Waals surface area (Å²) in [5.41, 5.74) is 3.95. The second-order valence-corrected chi connectivity index (χ2v) is 9.98. The molecule has 1 heterocycles. The van der Waals surface area contributed by atoms with Crippen LogP contribution in [-0.4, -0.2) is 78.8 Å². The molecule has 1 fully saturated rings. The topological polar surface area (TPSA) is 99.2 Å². The van der Waals surface area contributed by atoms with Gasteiger partial charge in [0.05, 0.1) is 0 Å². The molecule has 34 heavy (non-hydrogen) atoms. The largest absolute Gasteiger partial charge is 0.480 e. The number of nitrogens with zero attached hydrogens (tertiary/aromatic N) is 2. The first-order chi connectivity index (χ1) is 16.1. The Kier molecular flexibility index (Phi) is 6.36. The standard InChI is InChI=1S/C26H31N3O5/c1-26(2)15-29(22(26)24(31)32)23(30)21(13-28(3)4)27-25(33)34-14-20-18-11-7-5-9-16(18)17-10-6-8-12-19(17)20/h5-12,20-22H,13-15H2,1-4H3,(H,27,33)(H,31,32)/t21-,22?/m0/s1. The molecule has 0 saturated carbocycles. The number of alkyl carbamates (subject to hydrolysis) is 1. The van der Waals surface area contributed by atoms with Crippen molar-refractivity contribution in [1.82, 2.24) is 15.1 Å². The van der Waals surface area contributed by atoms with E-state index < -0.39 is 35.5 Å². The van der Waals surface area contributed by atoms with Crippen LogP contribution in [0.2, 0.25) is 0 Å². The smallest absolute Gasteiger partial charge is 0.407 e. The minimum absolute atomic E-state index is 0.0891. The lowest BCUT2D eigenvalue weighted by Gasteiger charge is -2.52. The monoisotopic (exact) mass is 465 g/mol. The van der Waals surface area contributed by atoms with Gasteiger partial charge in [-0.05, 0) is 36.3 Å². The summed E-state index contributed by atoms with van der Waals surface area (Å²) in [5.74, 6) is -1.56. The summed E-state index contributed by atoms with van der Waals surface area (Å²) < 4.78 is 5.59. The summed E-state index contributed by atoms with van der Waals surface area (Å²) in [5, 5.41) is 12.3.